The Morgan fingerprint density at radius 1 is 1.04 bits per heavy atom. The summed E-state index contributed by atoms with van der Waals surface area (Å²) in [7, 11) is 3.96. The lowest BCUT2D eigenvalue weighted by atomic mass is 9.67. The van der Waals surface area contributed by atoms with Crippen LogP contribution in [0.15, 0.2) is 54.6 Å². The first-order valence-electron chi connectivity index (χ1n) is 10.4. The van der Waals surface area contributed by atoms with Crippen molar-refractivity contribution >= 4 is 5.91 Å². The van der Waals surface area contributed by atoms with Crippen molar-refractivity contribution in [2.45, 2.75) is 31.8 Å². The van der Waals surface area contributed by atoms with Gasteiger partial charge in [-0.05, 0) is 56.1 Å². The highest BCUT2D eigenvalue weighted by Gasteiger charge is 2.51. The summed E-state index contributed by atoms with van der Waals surface area (Å²) in [6.45, 7) is 3.95. The van der Waals surface area contributed by atoms with Gasteiger partial charge in [0.2, 0.25) is 5.91 Å². The van der Waals surface area contributed by atoms with Crippen LogP contribution in [-0.4, -0.2) is 55.5 Å². The van der Waals surface area contributed by atoms with Crippen LogP contribution in [-0.2, 0) is 11.3 Å². The number of likely N-dealkylation sites (tertiary alicyclic amines) is 2. The Balaban J connectivity index is 1.54. The van der Waals surface area contributed by atoms with Gasteiger partial charge >= 0.3 is 0 Å². The third-order valence-corrected chi connectivity index (χ3v) is 6.70. The van der Waals surface area contributed by atoms with Crippen LogP contribution < -0.4 is 5.32 Å². The number of carbonyl (C=O) groups excluding carboxylic acids is 1. The Morgan fingerprint density at radius 2 is 1.75 bits per heavy atom. The normalized spacial score (nSPS) is 25.9. The van der Waals surface area contributed by atoms with Gasteiger partial charge in [-0.1, -0.05) is 54.6 Å². The molecule has 2 fully saturated rings. The molecule has 2 atom stereocenters. The van der Waals surface area contributed by atoms with Gasteiger partial charge in [0.05, 0.1) is 5.41 Å². The fraction of sp³-hybridized carbons (Fsp3) is 0.458. The molecule has 2 aromatic carbocycles. The van der Waals surface area contributed by atoms with Crippen LogP contribution in [0.1, 0.15) is 24.8 Å². The molecule has 0 aliphatic carbocycles. The van der Waals surface area contributed by atoms with E-state index in [1.807, 2.05) is 6.07 Å². The zero-order valence-electron chi connectivity index (χ0n) is 17.0. The fourth-order valence-corrected chi connectivity index (χ4v) is 5.11. The Kier molecular flexibility index (Phi) is 5.51. The van der Waals surface area contributed by atoms with Gasteiger partial charge in [0.1, 0.15) is 0 Å². The van der Waals surface area contributed by atoms with Gasteiger partial charge in [-0.3, -0.25) is 9.69 Å². The highest BCUT2D eigenvalue weighted by Crippen LogP contribution is 2.43. The zero-order valence-corrected chi connectivity index (χ0v) is 17.0. The lowest BCUT2D eigenvalue weighted by Crippen LogP contribution is -2.64. The lowest BCUT2D eigenvalue weighted by Gasteiger charge is -2.53. The molecule has 0 radical (unpaired) electrons. The predicted octanol–water partition coefficient (Wildman–Crippen LogP) is 3.39. The van der Waals surface area contributed by atoms with Crippen molar-refractivity contribution < 1.29 is 4.79 Å². The van der Waals surface area contributed by atoms with E-state index in [9.17, 15) is 4.79 Å². The first kappa shape index (κ1) is 19.2. The number of rotatable bonds is 4. The van der Waals surface area contributed by atoms with Crippen LogP contribution in [0.4, 0.5) is 0 Å². The summed E-state index contributed by atoms with van der Waals surface area (Å²) < 4.78 is 0. The Bertz CT molecular complexity index is 804. The average molecular weight is 378 g/mol. The van der Waals surface area contributed by atoms with Gasteiger partial charge in [0.15, 0.2) is 0 Å². The summed E-state index contributed by atoms with van der Waals surface area (Å²) in [5.74, 6) is 0.231. The van der Waals surface area contributed by atoms with Crippen LogP contribution in [0.5, 0.6) is 0 Å². The number of amides is 1. The molecule has 0 aromatic heterocycles. The van der Waals surface area contributed by atoms with Crippen molar-refractivity contribution in [1.82, 2.24) is 15.1 Å². The van der Waals surface area contributed by atoms with E-state index in [0.717, 1.165) is 45.4 Å². The smallest absolute Gasteiger partial charge is 0.227 e. The van der Waals surface area contributed by atoms with Crippen molar-refractivity contribution in [1.29, 1.82) is 0 Å². The predicted molar refractivity (Wildman–Crippen MR) is 114 cm³/mol. The van der Waals surface area contributed by atoms with E-state index in [1.54, 1.807) is 7.05 Å². The summed E-state index contributed by atoms with van der Waals surface area (Å²) in [6, 6.07) is 19.7. The van der Waals surface area contributed by atoms with E-state index < -0.39 is 0 Å². The van der Waals surface area contributed by atoms with Crippen LogP contribution in [0.25, 0.3) is 11.1 Å². The minimum atomic E-state index is -0.233. The molecule has 4 heteroatoms. The maximum Gasteiger partial charge on any atom is 0.227 e. The minimum absolute atomic E-state index is 0.231. The quantitative estimate of drug-likeness (QED) is 0.887. The Labute approximate surface area is 168 Å². The Morgan fingerprint density at radius 3 is 2.46 bits per heavy atom. The number of carbonyl (C=O) groups is 1. The summed E-state index contributed by atoms with van der Waals surface area (Å²) in [6.07, 6.45) is 3.06. The van der Waals surface area contributed by atoms with Gasteiger partial charge in [-0.2, -0.15) is 0 Å². The molecule has 4 rings (SSSR count). The second kappa shape index (κ2) is 8.06. The SMILES string of the molecule is CNC(=O)[C@@]12CCCN(Cc3ccc(-c4ccccc4)cc3)[C@H]1CN(C)CC2. The largest absolute Gasteiger partial charge is 0.359 e. The summed E-state index contributed by atoms with van der Waals surface area (Å²) in [5, 5.41) is 2.97. The summed E-state index contributed by atoms with van der Waals surface area (Å²) in [4.78, 5) is 17.8. The van der Waals surface area contributed by atoms with E-state index in [2.05, 4.69) is 70.7 Å². The van der Waals surface area contributed by atoms with E-state index in [4.69, 9.17) is 0 Å². The molecule has 0 bridgehead atoms. The van der Waals surface area contributed by atoms with E-state index >= 15 is 0 Å². The standard InChI is InChI=1S/C24H31N3O/c1-25-23(28)24-13-6-15-27(22(24)18-26(2)16-14-24)17-19-9-11-21(12-10-19)20-7-4-3-5-8-20/h3-5,7-12,22H,6,13-18H2,1-2H3,(H,25,28)/t22-,24+/m0/s1. The topological polar surface area (TPSA) is 35.6 Å². The van der Waals surface area contributed by atoms with Crippen LogP contribution in [0.2, 0.25) is 0 Å². The molecule has 1 N–H and O–H groups in total. The molecular weight excluding hydrogens is 346 g/mol. The molecule has 0 saturated carbocycles. The van der Waals surface area contributed by atoms with Crippen LogP contribution >= 0.6 is 0 Å². The van der Waals surface area contributed by atoms with Gasteiger partial charge in [-0.25, -0.2) is 0 Å². The maximum atomic E-state index is 12.9. The number of nitrogens with zero attached hydrogens (tertiary/aromatic N) is 2. The molecule has 2 heterocycles. The number of hydrogen-bond donors (Lipinski definition) is 1. The number of hydrogen-bond acceptors (Lipinski definition) is 3. The minimum Gasteiger partial charge on any atom is -0.359 e. The van der Waals surface area contributed by atoms with Crippen molar-refractivity contribution in [3.63, 3.8) is 0 Å². The number of nitrogens with one attached hydrogen (secondary N) is 1. The molecule has 4 nitrogen and oxygen atoms in total. The number of fused-ring (bicyclic) bond motifs is 1. The first-order chi connectivity index (χ1) is 13.6. The van der Waals surface area contributed by atoms with Crippen molar-refractivity contribution in [2.75, 3.05) is 33.7 Å². The zero-order chi connectivity index (χ0) is 19.6. The monoisotopic (exact) mass is 377 g/mol. The van der Waals surface area contributed by atoms with Crippen LogP contribution in [0, 0.1) is 5.41 Å². The van der Waals surface area contributed by atoms with Gasteiger partial charge in [-0.15, -0.1) is 0 Å². The fourth-order valence-electron chi connectivity index (χ4n) is 5.11. The molecule has 1 amide bonds. The van der Waals surface area contributed by atoms with Gasteiger partial charge in [0, 0.05) is 26.2 Å². The average Bonchev–Trinajstić information content (AvgIpc) is 2.75. The second-order valence-corrected chi connectivity index (χ2v) is 8.40. The van der Waals surface area contributed by atoms with E-state index in [0.29, 0.717) is 0 Å². The molecule has 0 unspecified atom stereocenters. The molecule has 2 aliphatic heterocycles. The maximum absolute atomic E-state index is 12.9. The third-order valence-electron chi connectivity index (χ3n) is 6.70. The summed E-state index contributed by atoms with van der Waals surface area (Å²) >= 11 is 0. The molecule has 2 saturated heterocycles. The molecule has 2 aromatic rings. The second-order valence-electron chi connectivity index (χ2n) is 8.40. The lowest BCUT2D eigenvalue weighted by molar-refractivity contribution is -0.144. The molecule has 0 spiro atoms. The molecular formula is C24H31N3O. The molecule has 2 aliphatic rings. The number of likely N-dealkylation sites (N-methyl/N-ethyl adjacent to an activating group) is 1. The van der Waals surface area contributed by atoms with E-state index in [-0.39, 0.29) is 17.4 Å². The number of benzene rings is 2. The van der Waals surface area contributed by atoms with Crippen molar-refractivity contribution in [3.8, 4) is 11.1 Å². The highest BCUT2D eigenvalue weighted by atomic mass is 16.2. The molecule has 28 heavy (non-hydrogen) atoms. The highest BCUT2D eigenvalue weighted by molar-refractivity contribution is 5.83. The van der Waals surface area contributed by atoms with Gasteiger partial charge in [0.25, 0.3) is 0 Å². The number of piperidine rings is 2. The van der Waals surface area contributed by atoms with E-state index in [1.165, 1.54) is 16.7 Å². The van der Waals surface area contributed by atoms with Crippen molar-refractivity contribution in [2.24, 2.45) is 5.41 Å². The first-order valence-corrected chi connectivity index (χ1v) is 10.4. The summed E-state index contributed by atoms with van der Waals surface area (Å²) in [5.41, 5.74) is 3.59. The Hall–Kier alpha value is -2.17. The van der Waals surface area contributed by atoms with Crippen molar-refractivity contribution in [3.05, 3.63) is 60.2 Å². The molecule has 148 valence electrons. The van der Waals surface area contributed by atoms with Gasteiger partial charge < -0.3 is 10.2 Å². The van der Waals surface area contributed by atoms with Crippen LogP contribution in [0.3, 0.4) is 0 Å². The third kappa shape index (κ3) is 3.59.